The molecule has 1 aromatic rings. The van der Waals surface area contributed by atoms with E-state index in [0.717, 1.165) is 19.0 Å². The van der Waals surface area contributed by atoms with Crippen LogP contribution in [0, 0.1) is 0 Å². The van der Waals surface area contributed by atoms with E-state index < -0.39 is 7.14 Å². The van der Waals surface area contributed by atoms with Gasteiger partial charge in [-0.3, -0.25) is 0 Å². The van der Waals surface area contributed by atoms with Gasteiger partial charge in [0, 0.05) is 6.16 Å². The molecule has 15 heavy (non-hydrogen) atoms. The second-order valence-electron chi connectivity index (χ2n) is 4.25. The van der Waals surface area contributed by atoms with Crippen LogP contribution in [0.3, 0.4) is 0 Å². The molecular formula is C13H19OP. The Morgan fingerprint density at radius 3 is 2.47 bits per heavy atom. The van der Waals surface area contributed by atoms with Crippen LogP contribution in [0.5, 0.6) is 0 Å². The lowest BCUT2D eigenvalue weighted by atomic mass is 10.2. The Labute approximate surface area is 92.6 Å². The average Bonchev–Trinajstić information content (AvgIpc) is 2.17. The summed E-state index contributed by atoms with van der Waals surface area (Å²) in [6, 6.07) is 10.3. The van der Waals surface area contributed by atoms with Crippen LogP contribution in [-0.2, 0) is 4.57 Å². The molecule has 0 saturated carbocycles. The Kier molecular flexibility index (Phi) is 4.84. The van der Waals surface area contributed by atoms with Crippen LogP contribution >= 0.6 is 7.14 Å². The predicted molar refractivity (Wildman–Crippen MR) is 69.0 cm³/mol. The molecule has 0 fully saturated rings. The molecule has 0 spiro atoms. The van der Waals surface area contributed by atoms with Gasteiger partial charge in [-0.25, -0.2) is 0 Å². The van der Waals surface area contributed by atoms with Crippen LogP contribution in [0.2, 0.25) is 0 Å². The average molecular weight is 222 g/mol. The summed E-state index contributed by atoms with van der Waals surface area (Å²) in [6.45, 7) is 3.71. The van der Waals surface area contributed by atoms with E-state index in [1.807, 2.05) is 31.5 Å². The van der Waals surface area contributed by atoms with E-state index in [-0.39, 0.29) is 0 Å². The third kappa shape index (κ3) is 6.30. The first-order chi connectivity index (χ1) is 7.08. The molecule has 1 rings (SSSR count). The minimum atomic E-state index is -1.81. The van der Waals surface area contributed by atoms with Gasteiger partial charge < -0.3 is 4.57 Å². The smallest absolute Gasteiger partial charge is 0.0819 e. The van der Waals surface area contributed by atoms with E-state index in [1.54, 1.807) is 0 Å². The SMILES string of the molecule is CP(C)(=O)CCCC=Cc1ccccc1. The summed E-state index contributed by atoms with van der Waals surface area (Å²) in [5.74, 6) is 0. The van der Waals surface area contributed by atoms with Crippen molar-refractivity contribution in [1.82, 2.24) is 0 Å². The Morgan fingerprint density at radius 1 is 1.20 bits per heavy atom. The van der Waals surface area contributed by atoms with Crippen molar-refractivity contribution < 1.29 is 4.57 Å². The lowest BCUT2D eigenvalue weighted by Crippen LogP contribution is -1.84. The molecular weight excluding hydrogens is 203 g/mol. The molecule has 0 aliphatic heterocycles. The zero-order valence-corrected chi connectivity index (χ0v) is 10.4. The van der Waals surface area contributed by atoms with Crippen LogP contribution in [0.25, 0.3) is 6.08 Å². The number of benzene rings is 1. The molecule has 0 unspecified atom stereocenters. The molecule has 2 heteroatoms. The summed E-state index contributed by atoms with van der Waals surface area (Å²) < 4.78 is 11.4. The molecule has 0 aromatic heterocycles. The standard InChI is InChI=1S/C13H19OP/c1-15(2,14)12-8-4-7-11-13-9-5-3-6-10-13/h3,5-7,9-11H,4,8,12H2,1-2H3. The van der Waals surface area contributed by atoms with E-state index >= 15 is 0 Å². The number of hydrogen-bond donors (Lipinski definition) is 0. The van der Waals surface area contributed by atoms with Gasteiger partial charge in [-0.05, 0) is 31.7 Å². The number of allylic oxidation sites excluding steroid dienone is 1. The number of unbranched alkanes of at least 4 members (excludes halogenated alkanes) is 1. The fourth-order valence-corrected chi connectivity index (χ4v) is 2.32. The van der Waals surface area contributed by atoms with Crippen LogP contribution in [0.4, 0.5) is 0 Å². The van der Waals surface area contributed by atoms with E-state index in [2.05, 4.69) is 24.3 Å². The van der Waals surface area contributed by atoms with Gasteiger partial charge >= 0.3 is 0 Å². The van der Waals surface area contributed by atoms with Gasteiger partial charge in [0.15, 0.2) is 0 Å². The van der Waals surface area contributed by atoms with Crippen molar-refractivity contribution in [2.24, 2.45) is 0 Å². The third-order valence-electron chi connectivity index (χ3n) is 2.18. The van der Waals surface area contributed by atoms with Gasteiger partial charge in [0.05, 0.1) is 7.14 Å². The lowest BCUT2D eigenvalue weighted by Gasteiger charge is -2.03. The zero-order chi connectivity index (χ0) is 11.1. The Morgan fingerprint density at radius 2 is 1.87 bits per heavy atom. The van der Waals surface area contributed by atoms with Gasteiger partial charge in [-0.15, -0.1) is 0 Å². The molecule has 1 aromatic carbocycles. The van der Waals surface area contributed by atoms with Crippen molar-refractivity contribution in [1.29, 1.82) is 0 Å². The summed E-state index contributed by atoms with van der Waals surface area (Å²) in [5.41, 5.74) is 1.23. The fraction of sp³-hybridized carbons (Fsp3) is 0.385. The van der Waals surface area contributed by atoms with Crippen LogP contribution in [0.1, 0.15) is 18.4 Å². The molecule has 0 heterocycles. The van der Waals surface area contributed by atoms with Crippen molar-refractivity contribution >= 4 is 13.2 Å². The van der Waals surface area contributed by atoms with Crippen molar-refractivity contribution in [3.05, 3.63) is 42.0 Å². The molecule has 0 aliphatic rings. The Bertz CT molecular complexity index is 348. The van der Waals surface area contributed by atoms with E-state index in [1.165, 1.54) is 5.56 Å². The summed E-state index contributed by atoms with van der Waals surface area (Å²) in [4.78, 5) is 0. The maximum atomic E-state index is 11.4. The van der Waals surface area contributed by atoms with Gasteiger partial charge in [0.1, 0.15) is 0 Å². The van der Waals surface area contributed by atoms with Crippen LogP contribution in [-0.4, -0.2) is 19.5 Å². The maximum absolute atomic E-state index is 11.4. The topological polar surface area (TPSA) is 17.1 Å². The molecule has 82 valence electrons. The van der Waals surface area contributed by atoms with E-state index in [0.29, 0.717) is 0 Å². The quantitative estimate of drug-likeness (QED) is 0.541. The van der Waals surface area contributed by atoms with Gasteiger partial charge in [-0.1, -0.05) is 42.5 Å². The maximum Gasteiger partial charge on any atom is 0.0819 e. The highest BCUT2D eigenvalue weighted by molar-refractivity contribution is 7.62. The predicted octanol–water partition coefficient (Wildman–Crippen LogP) is 4.10. The fourth-order valence-electron chi connectivity index (χ4n) is 1.37. The largest absolute Gasteiger partial charge is 0.324 e. The highest BCUT2D eigenvalue weighted by atomic mass is 31.2. The normalized spacial score (nSPS) is 12.1. The molecule has 0 aliphatic carbocycles. The molecule has 0 atom stereocenters. The second kappa shape index (κ2) is 5.92. The Hall–Kier alpha value is -0.810. The molecule has 0 N–H and O–H groups in total. The number of rotatable bonds is 5. The highest BCUT2D eigenvalue weighted by Crippen LogP contribution is 2.36. The minimum absolute atomic E-state index is 0.853. The molecule has 0 saturated heterocycles. The monoisotopic (exact) mass is 222 g/mol. The first kappa shape index (κ1) is 12.3. The lowest BCUT2D eigenvalue weighted by molar-refractivity contribution is 0.581. The number of hydrogen-bond acceptors (Lipinski definition) is 1. The first-order valence-electron chi connectivity index (χ1n) is 5.33. The summed E-state index contributed by atoms with van der Waals surface area (Å²) in [6.07, 6.45) is 7.17. The first-order valence-corrected chi connectivity index (χ1v) is 8.12. The van der Waals surface area contributed by atoms with Crippen molar-refractivity contribution in [2.75, 3.05) is 19.5 Å². The van der Waals surface area contributed by atoms with Gasteiger partial charge in [0.2, 0.25) is 0 Å². The third-order valence-corrected chi connectivity index (χ3v) is 3.57. The molecule has 0 amide bonds. The van der Waals surface area contributed by atoms with Gasteiger partial charge in [-0.2, -0.15) is 0 Å². The molecule has 0 radical (unpaired) electrons. The summed E-state index contributed by atoms with van der Waals surface area (Å²) >= 11 is 0. The van der Waals surface area contributed by atoms with Crippen molar-refractivity contribution in [3.8, 4) is 0 Å². The zero-order valence-electron chi connectivity index (χ0n) is 9.52. The summed E-state index contributed by atoms with van der Waals surface area (Å²) in [5, 5.41) is 0. The van der Waals surface area contributed by atoms with Crippen molar-refractivity contribution in [3.63, 3.8) is 0 Å². The van der Waals surface area contributed by atoms with Crippen LogP contribution in [0.15, 0.2) is 36.4 Å². The van der Waals surface area contributed by atoms with Crippen LogP contribution < -0.4 is 0 Å². The van der Waals surface area contributed by atoms with Gasteiger partial charge in [0.25, 0.3) is 0 Å². The van der Waals surface area contributed by atoms with E-state index in [9.17, 15) is 4.57 Å². The van der Waals surface area contributed by atoms with Crippen molar-refractivity contribution in [2.45, 2.75) is 12.8 Å². The molecule has 1 nitrogen and oxygen atoms in total. The minimum Gasteiger partial charge on any atom is -0.324 e. The second-order valence-corrected chi connectivity index (χ2v) is 7.85. The highest BCUT2D eigenvalue weighted by Gasteiger charge is 2.04. The van der Waals surface area contributed by atoms with E-state index in [4.69, 9.17) is 0 Å². The Balaban J connectivity index is 2.27. The summed E-state index contributed by atoms with van der Waals surface area (Å²) in [7, 11) is -1.81. The molecule has 0 bridgehead atoms.